The molecule has 0 radical (unpaired) electrons. The molecule has 0 atom stereocenters. The molecule has 0 aromatic heterocycles. The second kappa shape index (κ2) is 5.78. The number of rotatable bonds is 2. The monoisotopic (exact) mass is 412 g/mol. The van der Waals surface area contributed by atoms with Gasteiger partial charge >= 0.3 is 18.3 Å². The Hall–Kier alpha value is -1.00. The minimum absolute atomic E-state index is 0.0539. The third kappa shape index (κ3) is 4.00. The van der Waals surface area contributed by atoms with Crippen molar-refractivity contribution in [3.8, 4) is 0 Å². The molecule has 0 N–H and O–H groups in total. The maximum Gasteiger partial charge on any atom is 0.417 e. The molecule has 0 fully saturated rings. The molecule has 0 aliphatic carbocycles. The number of hydrogen-bond donors (Lipinski definition) is 0. The molecule has 20 heavy (non-hydrogen) atoms. The molecular formula is C11H7F6IO2. The van der Waals surface area contributed by atoms with E-state index in [1.165, 1.54) is 22.6 Å². The molecule has 0 unspecified atom stereocenters. The lowest BCUT2D eigenvalue weighted by Crippen LogP contribution is -2.21. The Balaban J connectivity index is 3.57. The first kappa shape index (κ1) is 17.1. The highest BCUT2D eigenvalue weighted by Gasteiger charge is 2.45. The van der Waals surface area contributed by atoms with Gasteiger partial charge in [0, 0.05) is 3.57 Å². The second-order valence-electron chi connectivity index (χ2n) is 3.74. The third-order valence-electron chi connectivity index (χ3n) is 2.34. The molecular weight excluding hydrogens is 405 g/mol. The van der Waals surface area contributed by atoms with Crippen molar-refractivity contribution in [2.45, 2.75) is 18.8 Å². The number of carbonyl (C=O) groups is 1. The summed E-state index contributed by atoms with van der Waals surface area (Å²) in [5.74, 6) is -1.05. The van der Waals surface area contributed by atoms with Gasteiger partial charge in [0.1, 0.15) is 0 Å². The van der Waals surface area contributed by atoms with E-state index in [0.29, 0.717) is 6.07 Å². The van der Waals surface area contributed by atoms with Gasteiger partial charge in [0.2, 0.25) is 0 Å². The minimum Gasteiger partial charge on any atom is -0.469 e. The number of methoxy groups -OCH3 is 1. The van der Waals surface area contributed by atoms with Gasteiger partial charge in [-0.15, -0.1) is 0 Å². The van der Waals surface area contributed by atoms with Crippen LogP contribution in [0.15, 0.2) is 12.1 Å². The zero-order chi connectivity index (χ0) is 15.7. The average Bonchev–Trinajstić information content (AvgIpc) is 2.24. The predicted octanol–water partition coefficient (Wildman–Crippen LogP) is 4.04. The first-order valence-corrected chi connectivity index (χ1v) is 6.08. The fourth-order valence-electron chi connectivity index (χ4n) is 1.59. The summed E-state index contributed by atoms with van der Waals surface area (Å²) >= 11 is 1.46. The Bertz CT molecular complexity index is 521. The van der Waals surface area contributed by atoms with Crippen LogP contribution in [0.1, 0.15) is 16.7 Å². The van der Waals surface area contributed by atoms with Crippen LogP contribution in [-0.2, 0) is 28.3 Å². The van der Waals surface area contributed by atoms with Gasteiger partial charge in [-0.1, -0.05) is 0 Å². The van der Waals surface area contributed by atoms with Gasteiger partial charge in [-0.05, 0) is 40.3 Å². The number of halogens is 7. The van der Waals surface area contributed by atoms with Crippen molar-refractivity contribution in [3.63, 3.8) is 0 Å². The van der Waals surface area contributed by atoms with Crippen molar-refractivity contribution in [1.29, 1.82) is 0 Å². The van der Waals surface area contributed by atoms with Crippen LogP contribution in [0.25, 0.3) is 0 Å². The fourth-order valence-corrected chi connectivity index (χ4v) is 2.28. The van der Waals surface area contributed by atoms with Crippen molar-refractivity contribution >= 4 is 28.6 Å². The summed E-state index contributed by atoms with van der Waals surface area (Å²) in [4.78, 5) is 11.1. The quantitative estimate of drug-likeness (QED) is 0.417. The maximum atomic E-state index is 12.9. The van der Waals surface area contributed by atoms with E-state index in [9.17, 15) is 31.1 Å². The highest BCUT2D eigenvalue weighted by Crippen LogP contribution is 2.43. The smallest absolute Gasteiger partial charge is 0.417 e. The molecule has 0 bridgehead atoms. The summed E-state index contributed by atoms with van der Waals surface area (Å²) in [6, 6.07) is 1.28. The zero-order valence-corrected chi connectivity index (χ0v) is 12.0. The van der Waals surface area contributed by atoms with Crippen molar-refractivity contribution < 1.29 is 35.9 Å². The Labute approximate surface area is 123 Å². The van der Waals surface area contributed by atoms with Crippen LogP contribution < -0.4 is 0 Å². The van der Waals surface area contributed by atoms with Crippen molar-refractivity contribution in [2.24, 2.45) is 0 Å². The number of hydrogen-bond acceptors (Lipinski definition) is 2. The Morgan fingerprint density at radius 2 is 1.70 bits per heavy atom. The lowest BCUT2D eigenvalue weighted by molar-refractivity contribution is -0.162. The van der Waals surface area contributed by atoms with Gasteiger partial charge in [-0.25, -0.2) is 0 Å². The molecule has 1 rings (SSSR count). The van der Waals surface area contributed by atoms with E-state index >= 15 is 0 Å². The molecule has 0 aliphatic heterocycles. The van der Waals surface area contributed by atoms with E-state index in [1.54, 1.807) is 0 Å². The first-order chi connectivity index (χ1) is 8.96. The normalized spacial score (nSPS) is 12.4. The molecule has 0 spiro atoms. The summed E-state index contributed by atoms with van der Waals surface area (Å²) in [5, 5.41) is 0. The lowest BCUT2D eigenvalue weighted by Gasteiger charge is -2.19. The van der Waals surface area contributed by atoms with Crippen LogP contribution in [0.3, 0.4) is 0 Å². The summed E-state index contributed by atoms with van der Waals surface area (Å²) in [5.41, 5.74) is -4.42. The number of benzene rings is 1. The van der Waals surface area contributed by atoms with E-state index in [1.807, 2.05) is 0 Å². The number of alkyl halides is 6. The van der Waals surface area contributed by atoms with Crippen LogP contribution in [0.4, 0.5) is 26.3 Å². The molecule has 0 heterocycles. The second-order valence-corrected chi connectivity index (χ2v) is 4.98. The molecule has 0 saturated carbocycles. The van der Waals surface area contributed by atoms with Crippen LogP contribution in [-0.4, -0.2) is 13.1 Å². The summed E-state index contributed by atoms with van der Waals surface area (Å²) in [7, 11) is 0.939. The molecule has 0 amide bonds. The maximum absolute atomic E-state index is 12.9. The van der Waals surface area contributed by atoms with E-state index in [2.05, 4.69) is 4.74 Å². The van der Waals surface area contributed by atoms with Gasteiger partial charge < -0.3 is 4.74 Å². The van der Waals surface area contributed by atoms with Gasteiger partial charge in [0.15, 0.2) is 0 Å². The van der Waals surface area contributed by atoms with Gasteiger partial charge in [-0.2, -0.15) is 26.3 Å². The molecule has 0 aliphatic rings. The standard InChI is InChI=1S/C11H7F6IO2/c1-20-8(19)3-5-2-6(18)4-7(10(12,13)14)9(5)11(15,16)17/h2,4H,3H2,1H3. The molecule has 2 nitrogen and oxygen atoms in total. The van der Waals surface area contributed by atoms with Gasteiger partial charge in [-0.3, -0.25) is 4.79 Å². The Morgan fingerprint density at radius 1 is 1.15 bits per heavy atom. The molecule has 9 heteroatoms. The highest BCUT2D eigenvalue weighted by molar-refractivity contribution is 14.1. The van der Waals surface area contributed by atoms with E-state index < -0.39 is 41.4 Å². The average molecular weight is 412 g/mol. The number of esters is 1. The zero-order valence-electron chi connectivity index (χ0n) is 9.82. The largest absolute Gasteiger partial charge is 0.469 e. The third-order valence-corrected chi connectivity index (χ3v) is 2.96. The first-order valence-electron chi connectivity index (χ1n) is 5.00. The van der Waals surface area contributed by atoms with E-state index in [-0.39, 0.29) is 3.57 Å². The molecule has 0 saturated heterocycles. The van der Waals surface area contributed by atoms with Crippen LogP contribution in [0, 0.1) is 3.57 Å². The van der Waals surface area contributed by atoms with Crippen LogP contribution in [0.5, 0.6) is 0 Å². The lowest BCUT2D eigenvalue weighted by atomic mass is 9.98. The van der Waals surface area contributed by atoms with Crippen molar-refractivity contribution in [1.82, 2.24) is 0 Å². The minimum atomic E-state index is -5.22. The Kier molecular flexibility index (Phi) is 4.93. The number of ether oxygens (including phenoxy) is 1. The van der Waals surface area contributed by atoms with Crippen LogP contribution in [0.2, 0.25) is 0 Å². The van der Waals surface area contributed by atoms with Crippen LogP contribution >= 0.6 is 22.6 Å². The fraction of sp³-hybridized carbons (Fsp3) is 0.364. The summed E-state index contributed by atoms with van der Waals surface area (Å²) in [6.07, 6.45) is -11.3. The molecule has 112 valence electrons. The Morgan fingerprint density at radius 3 is 2.10 bits per heavy atom. The number of carbonyl (C=O) groups excluding carboxylic acids is 1. The van der Waals surface area contributed by atoms with Crippen molar-refractivity contribution in [2.75, 3.05) is 7.11 Å². The summed E-state index contributed by atoms with van der Waals surface area (Å²) < 4.78 is 81.0. The SMILES string of the molecule is COC(=O)Cc1cc(I)cc(C(F)(F)F)c1C(F)(F)F. The topological polar surface area (TPSA) is 26.3 Å². The predicted molar refractivity (Wildman–Crippen MR) is 64.9 cm³/mol. The highest BCUT2D eigenvalue weighted by atomic mass is 127. The van der Waals surface area contributed by atoms with Gasteiger partial charge in [0.25, 0.3) is 0 Å². The molecule has 1 aromatic carbocycles. The van der Waals surface area contributed by atoms with Crippen molar-refractivity contribution in [3.05, 3.63) is 32.4 Å². The molecule has 1 aromatic rings. The van der Waals surface area contributed by atoms with Gasteiger partial charge in [0.05, 0.1) is 24.7 Å². The van der Waals surface area contributed by atoms with E-state index in [0.717, 1.165) is 13.2 Å². The summed E-state index contributed by atoms with van der Waals surface area (Å²) in [6.45, 7) is 0. The van der Waals surface area contributed by atoms with E-state index in [4.69, 9.17) is 0 Å².